The van der Waals surface area contributed by atoms with Crippen molar-refractivity contribution < 1.29 is 14.0 Å². The van der Waals surface area contributed by atoms with Gasteiger partial charge in [0.25, 0.3) is 0 Å². The second kappa shape index (κ2) is 5.10. The molecular weight excluding hydrogens is 270 g/mol. The number of fused-ring (bicyclic) bond motifs is 2. The first kappa shape index (κ1) is 15.4. The van der Waals surface area contributed by atoms with Gasteiger partial charge in [-0.05, 0) is 59.3 Å². The van der Waals surface area contributed by atoms with Gasteiger partial charge in [-0.1, -0.05) is 0 Å². The largest absolute Gasteiger partial charge is 0.547 e. The van der Waals surface area contributed by atoms with Crippen molar-refractivity contribution in [1.82, 2.24) is 4.90 Å². The van der Waals surface area contributed by atoms with Gasteiger partial charge in [-0.25, -0.2) is 4.79 Å². The van der Waals surface area contributed by atoms with Crippen LogP contribution in [-0.2, 0) is 9.16 Å². The summed E-state index contributed by atoms with van der Waals surface area (Å²) in [7, 11) is -1.57. The minimum Gasteiger partial charge on any atom is -0.547 e. The van der Waals surface area contributed by atoms with E-state index in [1.54, 1.807) is 0 Å². The van der Waals surface area contributed by atoms with Gasteiger partial charge in [0, 0.05) is 12.5 Å². The van der Waals surface area contributed by atoms with Crippen LogP contribution in [0.25, 0.3) is 0 Å². The van der Waals surface area contributed by atoms with E-state index in [4.69, 9.17) is 9.16 Å². The van der Waals surface area contributed by atoms with Gasteiger partial charge in [0.05, 0.1) is 11.8 Å². The number of carbonyl (C=O) groups excluding carboxylic acids is 1. The summed E-state index contributed by atoms with van der Waals surface area (Å²) in [6.07, 6.45) is 4.83. The fourth-order valence-electron chi connectivity index (χ4n) is 2.86. The Labute approximate surface area is 123 Å². The van der Waals surface area contributed by atoms with Gasteiger partial charge >= 0.3 is 6.09 Å². The summed E-state index contributed by atoms with van der Waals surface area (Å²) in [5.74, 6) is 1.08. The third-order valence-corrected chi connectivity index (χ3v) is 4.28. The third kappa shape index (κ3) is 3.78. The monoisotopic (exact) mass is 297 g/mol. The molecule has 0 spiro atoms. The maximum atomic E-state index is 12.3. The fraction of sp³-hybridized carbons (Fsp3) is 0.800. The Morgan fingerprint density at radius 2 is 1.95 bits per heavy atom. The minimum atomic E-state index is -1.57. The molecule has 0 aromatic carbocycles. The van der Waals surface area contributed by atoms with Crippen molar-refractivity contribution in [1.29, 1.82) is 0 Å². The van der Waals surface area contributed by atoms with Crippen LogP contribution in [0, 0.1) is 0 Å². The number of hydrogen-bond donors (Lipinski definition) is 0. The molecular formula is C15H27NO3Si. The molecule has 1 saturated heterocycles. The van der Waals surface area contributed by atoms with Crippen LogP contribution in [0.3, 0.4) is 0 Å². The second-order valence-electron chi connectivity index (χ2n) is 7.74. The van der Waals surface area contributed by atoms with Gasteiger partial charge in [-0.3, -0.25) is 4.90 Å². The lowest BCUT2D eigenvalue weighted by molar-refractivity contribution is 0.0154. The maximum absolute atomic E-state index is 12.3. The van der Waals surface area contributed by atoms with E-state index in [9.17, 15) is 4.79 Å². The topological polar surface area (TPSA) is 38.8 Å². The van der Waals surface area contributed by atoms with Crippen molar-refractivity contribution in [2.24, 2.45) is 0 Å². The fourth-order valence-corrected chi connectivity index (χ4v) is 3.80. The summed E-state index contributed by atoms with van der Waals surface area (Å²) in [6, 6.07) is 0.390. The van der Waals surface area contributed by atoms with Gasteiger partial charge in [0.15, 0.2) is 0 Å². The molecule has 0 N–H and O–H groups in total. The quantitative estimate of drug-likeness (QED) is 0.726. The average Bonchev–Trinajstić information content (AvgIpc) is 2.46. The lowest BCUT2D eigenvalue weighted by Crippen LogP contribution is -2.46. The van der Waals surface area contributed by atoms with Crippen LogP contribution >= 0.6 is 0 Å². The first-order chi connectivity index (χ1) is 9.05. The number of ether oxygens (including phenoxy) is 1. The minimum absolute atomic E-state index is 0.148. The van der Waals surface area contributed by atoms with E-state index in [0.717, 1.165) is 25.0 Å². The average molecular weight is 297 g/mol. The van der Waals surface area contributed by atoms with Crippen LogP contribution in [0.1, 0.15) is 40.0 Å². The molecule has 0 saturated carbocycles. The highest BCUT2D eigenvalue weighted by molar-refractivity contribution is 6.70. The van der Waals surface area contributed by atoms with E-state index in [1.165, 1.54) is 0 Å². The van der Waals surface area contributed by atoms with Crippen LogP contribution < -0.4 is 0 Å². The Hall–Kier alpha value is -0.973. The Bertz CT molecular complexity index is 420. The third-order valence-electron chi connectivity index (χ3n) is 3.40. The highest BCUT2D eigenvalue weighted by atomic mass is 28.4. The zero-order chi connectivity index (χ0) is 15.1. The molecule has 0 aliphatic carbocycles. The van der Waals surface area contributed by atoms with E-state index >= 15 is 0 Å². The summed E-state index contributed by atoms with van der Waals surface area (Å²) in [5, 5.41) is 0. The van der Waals surface area contributed by atoms with Crippen LogP contribution in [0.2, 0.25) is 19.6 Å². The molecule has 5 heteroatoms. The Morgan fingerprint density at radius 3 is 2.45 bits per heavy atom. The Balaban J connectivity index is 2.08. The smallest absolute Gasteiger partial charge is 0.411 e. The van der Waals surface area contributed by atoms with Crippen LogP contribution in [0.5, 0.6) is 0 Å². The molecule has 2 bridgehead atoms. The summed E-state index contributed by atoms with van der Waals surface area (Å²) >= 11 is 0. The van der Waals surface area contributed by atoms with Crippen molar-refractivity contribution in [2.75, 3.05) is 0 Å². The SMILES string of the molecule is CC(C)(C)OC(=O)N1[C@@H]2CC[C@H]1C=C(O[Si](C)(C)C)C2. The van der Waals surface area contributed by atoms with Crippen LogP contribution in [-0.4, -0.2) is 37.0 Å². The molecule has 0 aromatic rings. The lowest BCUT2D eigenvalue weighted by atomic mass is 10.1. The van der Waals surface area contributed by atoms with Gasteiger partial charge in [-0.2, -0.15) is 0 Å². The first-order valence-corrected chi connectivity index (χ1v) is 10.9. The van der Waals surface area contributed by atoms with E-state index in [0.29, 0.717) is 0 Å². The molecule has 2 aliphatic heterocycles. The highest BCUT2D eigenvalue weighted by Gasteiger charge is 2.42. The van der Waals surface area contributed by atoms with E-state index in [2.05, 4.69) is 25.7 Å². The van der Waals surface area contributed by atoms with Gasteiger partial charge in [0.2, 0.25) is 8.32 Å². The van der Waals surface area contributed by atoms with Gasteiger partial charge in [0.1, 0.15) is 5.60 Å². The van der Waals surface area contributed by atoms with Crippen molar-refractivity contribution in [3.63, 3.8) is 0 Å². The summed E-state index contributed by atoms with van der Waals surface area (Å²) in [5.41, 5.74) is -0.435. The molecule has 114 valence electrons. The molecule has 2 heterocycles. The zero-order valence-electron chi connectivity index (χ0n) is 13.5. The van der Waals surface area contributed by atoms with Crippen LogP contribution in [0.15, 0.2) is 11.8 Å². The molecule has 2 atom stereocenters. The molecule has 0 aromatic heterocycles. The summed E-state index contributed by atoms with van der Waals surface area (Å²) in [6.45, 7) is 12.3. The molecule has 4 nitrogen and oxygen atoms in total. The number of rotatable bonds is 2. The van der Waals surface area contributed by atoms with E-state index < -0.39 is 13.9 Å². The van der Waals surface area contributed by atoms with Gasteiger partial charge < -0.3 is 9.16 Å². The maximum Gasteiger partial charge on any atom is 0.411 e. The van der Waals surface area contributed by atoms with Crippen molar-refractivity contribution >= 4 is 14.4 Å². The Morgan fingerprint density at radius 1 is 1.30 bits per heavy atom. The number of hydrogen-bond acceptors (Lipinski definition) is 3. The molecule has 0 radical (unpaired) electrons. The van der Waals surface area contributed by atoms with E-state index in [-0.39, 0.29) is 18.2 Å². The molecule has 2 rings (SSSR count). The normalized spacial score (nSPS) is 26.3. The summed E-state index contributed by atoms with van der Waals surface area (Å²) < 4.78 is 11.6. The van der Waals surface area contributed by atoms with Crippen molar-refractivity contribution in [2.45, 2.75) is 77.4 Å². The molecule has 20 heavy (non-hydrogen) atoms. The number of nitrogens with zero attached hydrogens (tertiary/aromatic N) is 1. The van der Waals surface area contributed by atoms with Gasteiger partial charge in [-0.15, -0.1) is 0 Å². The highest BCUT2D eigenvalue weighted by Crippen LogP contribution is 2.37. The first-order valence-electron chi connectivity index (χ1n) is 7.46. The lowest BCUT2D eigenvalue weighted by Gasteiger charge is -2.36. The number of carbonyl (C=O) groups is 1. The van der Waals surface area contributed by atoms with E-state index in [1.807, 2.05) is 25.7 Å². The Kier molecular flexibility index (Phi) is 3.93. The zero-order valence-corrected chi connectivity index (χ0v) is 14.5. The van der Waals surface area contributed by atoms with Crippen molar-refractivity contribution in [3.05, 3.63) is 11.8 Å². The predicted molar refractivity (Wildman–Crippen MR) is 82.0 cm³/mol. The molecule has 1 fully saturated rings. The second-order valence-corrected chi connectivity index (χ2v) is 12.2. The van der Waals surface area contributed by atoms with Crippen LogP contribution in [0.4, 0.5) is 4.79 Å². The predicted octanol–water partition coefficient (Wildman–Crippen LogP) is 3.89. The van der Waals surface area contributed by atoms with Crippen molar-refractivity contribution in [3.8, 4) is 0 Å². The standard InChI is InChI=1S/C15H27NO3Si/c1-15(2,3)18-14(17)16-11-7-8-12(16)10-13(9-11)19-20(4,5)6/h9,11-12H,7-8,10H2,1-6H3/t11-,12+/m0/s1. The molecule has 1 amide bonds. The summed E-state index contributed by atoms with van der Waals surface area (Å²) in [4.78, 5) is 14.2. The molecule has 0 unspecified atom stereocenters. The number of amides is 1. The molecule has 2 aliphatic rings.